The number of hydrogen-bond donors (Lipinski definition) is 2. The average molecular weight is 447 g/mol. The molecule has 2 aromatic carbocycles. The Balaban J connectivity index is 1.73. The molecule has 6 nitrogen and oxygen atoms in total. The zero-order chi connectivity index (χ0) is 23.3. The van der Waals surface area contributed by atoms with E-state index in [4.69, 9.17) is 5.73 Å². The van der Waals surface area contributed by atoms with Crippen molar-refractivity contribution in [3.63, 3.8) is 0 Å². The smallest absolute Gasteiger partial charge is 0.169 e. The number of rotatable bonds is 8. The lowest BCUT2D eigenvalue weighted by Gasteiger charge is -2.34. The van der Waals surface area contributed by atoms with E-state index >= 15 is 0 Å². The lowest BCUT2D eigenvalue weighted by Crippen LogP contribution is -2.38. The normalized spacial score (nSPS) is 20.2. The van der Waals surface area contributed by atoms with Crippen LogP contribution in [0.1, 0.15) is 75.4 Å². The summed E-state index contributed by atoms with van der Waals surface area (Å²) in [5.74, 6) is 2.24. The van der Waals surface area contributed by atoms with Crippen LogP contribution < -0.4 is 11.1 Å². The minimum absolute atomic E-state index is 0.0534. The Hall–Kier alpha value is -2.57. The van der Waals surface area contributed by atoms with Gasteiger partial charge in [0.2, 0.25) is 0 Å². The van der Waals surface area contributed by atoms with Crippen molar-refractivity contribution in [3.8, 4) is 0 Å². The first-order chi connectivity index (χ1) is 16.0. The minimum atomic E-state index is -0.216. The third-order valence-corrected chi connectivity index (χ3v) is 6.91. The van der Waals surface area contributed by atoms with Gasteiger partial charge in [-0.3, -0.25) is 0 Å². The SMILES string of the molecule is CC(C)(C)n1nnnc1C(NCC1CCCC(CN)C1)C(c1ccccc1)c1ccccc1. The fourth-order valence-corrected chi connectivity index (χ4v) is 5.22. The molecule has 0 radical (unpaired) electrons. The monoisotopic (exact) mass is 446 g/mol. The molecule has 1 heterocycles. The predicted octanol–water partition coefficient (Wildman–Crippen LogP) is 4.66. The highest BCUT2D eigenvalue weighted by Gasteiger charge is 2.34. The Morgan fingerprint density at radius 3 is 2.15 bits per heavy atom. The van der Waals surface area contributed by atoms with E-state index in [1.54, 1.807) is 0 Å². The summed E-state index contributed by atoms with van der Waals surface area (Å²) in [6.45, 7) is 8.18. The van der Waals surface area contributed by atoms with Crippen LogP contribution in [-0.4, -0.2) is 33.3 Å². The van der Waals surface area contributed by atoms with E-state index in [1.807, 2.05) is 4.68 Å². The second kappa shape index (κ2) is 10.6. The molecule has 1 aliphatic rings. The van der Waals surface area contributed by atoms with Crippen LogP contribution >= 0.6 is 0 Å². The predicted molar refractivity (Wildman–Crippen MR) is 133 cm³/mol. The number of nitrogens with one attached hydrogen (secondary N) is 1. The maximum Gasteiger partial charge on any atom is 0.169 e. The van der Waals surface area contributed by atoms with Gasteiger partial charge in [0, 0.05) is 5.92 Å². The molecule has 0 saturated heterocycles. The van der Waals surface area contributed by atoms with Crippen LogP contribution in [0, 0.1) is 11.8 Å². The summed E-state index contributed by atoms with van der Waals surface area (Å²) in [4.78, 5) is 0. The first-order valence-corrected chi connectivity index (χ1v) is 12.3. The molecule has 3 N–H and O–H groups in total. The molecule has 4 rings (SSSR count). The molecular formula is C27H38N6. The lowest BCUT2D eigenvalue weighted by atomic mass is 9.80. The van der Waals surface area contributed by atoms with Crippen molar-refractivity contribution >= 4 is 0 Å². The Morgan fingerprint density at radius 2 is 1.58 bits per heavy atom. The molecule has 1 aromatic heterocycles. The van der Waals surface area contributed by atoms with Crippen LogP contribution in [-0.2, 0) is 5.54 Å². The quantitative estimate of drug-likeness (QED) is 0.526. The van der Waals surface area contributed by atoms with Crippen LogP contribution in [0.15, 0.2) is 60.7 Å². The molecule has 0 spiro atoms. The van der Waals surface area contributed by atoms with E-state index in [0.717, 1.165) is 18.9 Å². The second-order valence-corrected chi connectivity index (χ2v) is 10.4. The summed E-state index contributed by atoms with van der Waals surface area (Å²) in [7, 11) is 0. The van der Waals surface area contributed by atoms with Crippen molar-refractivity contribution in [1.29, 1.82) is 0 Å². The average Bonchev–Trinajstić information content (AvgIpc) is 3.33. The Bertz CT molecular complexity index is 939. The summed E-state index contributed by atoms with van der Waals surface area (Å²) in [6.07, 6.45) is 4.97. The van der Waals surface area contributed by atoms with Gasteiger partial charge in [-0.25, -0.2) is 4.68 Å². The van der Waals surface area contributed by atoms with Crippen molar-refractivity contribution in [2.24, 2.45) is 17.6 Å². The fraction of sp³-hybridized carbons (Fsp3) is 0.519. The molecule has 3 atom stereocenters. The van der Waals surface area contributed by atoms with E-state index in [2.05, 4.69) is 102 Å². The van der Waals surface area contributed by atoms with Gasteiger partial charge in [-0.05, 0) is 86.5 Å². The Labute approximate surface area is 198 Å². The zero-order valence-corrected chi connectivity index (χ0v) is 20.2. The fourth-order valence-electron chi connectivity index (χ4n) is 5.22. The van der Waals surface area contributed by atoms with Crippen molar-refractivity contribution in [2.75, 3.05) is 13.1 Å². The van der Waals surface area contributed by atoms with Crippen LogP contribution in [0.2, 0.25) is 0 Å². The van der Waals surface area contributed by atoms with Crippen LogP contribution in [0.5, 0.6) is 0 Å². The molecule has 3 aromatic rings. The summed E-state index contributed by atoms with van der Waals surface area (Å²) >= 11 is 0. The van der Waals surface area contributed by atoms with E-state index in [1.165, 1.54) is 36.8 Å². The molecule has 1 fully saturated rings. The van der Waals surface area contributed by atoms with Crippen LogP contribution in [0.3, 0.4) is 0 Å². The third kappa shape index (κ3) is 5.68. The highest BCUT2D eigenvalue weighted by atomic mass is 15.6. The molecule has 3 unspecified atom stereocenters. The summed E-state index contributed by atoms with van der Waals surface area (Å²) in [5.41, 5.74) is 8.32. The van der Waals surface area contributed by atoms with Crippen LogP contribution in [0.4, 0.5) is 0 Å². The Morgan fingerprint density at radius 1 is 0.970 bits per heavy atom. The van der Waals surface area contributed by atoms with Crippen molar-refractivity contribution in [3.05, 3.63) is 77.6 Å². The van der Waals surface area contributed by atoms with Gasteiger partial charge in [0.25, 0.3) is 0 Å². The third-order valence-electron chi connectivity index (χ3n) is 6.91. The van der Waals surface area contributed by atoms with Gasteiger partial charge >= 0.3 is 0 Å². The van der Waals surface area contributed by atoms with E-state index in [-0.39, 0.29) is 17.5 Å². The molecule has 1 aliphatic carbocycles. The van der Waals surface area contributed by atoms with E-state index in [0.29, 0.717) is 11.8 Å². The van der Waals surface area contributed by atoms with Crippen molar-refractivity contribution < 1.29 is 0 Å². The molecule has 6 heteroatoms. The molecule has 176 valence electrons. The van der Waals surface area contributed by atoms with Crippen molar-refractivity contribution in [1.82, 2.24) is 25.5 Å². The van der Waals surface area contributed by atoms with Gasteiger partial charge in [0.1, 0.15) is 0 Å². The molecule has 1 saturated carbocycles. The van der Waals surface area contributed by atoms with Gasteiger partial charge in [-0.1, -0.05) is 67.1 Å². The first kappa shape index (κ1) is 23.6. The second-order valence-electron chi connectivity index (χ2n) is 10.4. The first-order valence-electron chi connectivity index (χ1n) is 12.3. The zero-order valence-electron chi connectivity index (χ0n) is 20.2. The standard InChI is InChI=1S/C27H38N6/c1-27(2,3)33-26(30-31-32-33)25(29-19-21-12-10-11-20(17-21)18-28)24(22-13-6-4-7-14-22)23-15-8-5-9-16-23/h4-9,13-16,20-21,24-25,29H,10-12,17-19,28H2,1-3H3. The number of benzene rings is 2. The summed E-state index contributed by atoms with van der Waals surface area (Å²) < 4.78 is 1.98. The molecule has 33 heavy (non-hydrogen) atoms. The van der Waals surface area contributed by atoms with Gasteiger partial charge in [-0.2, -0.15) is 0 Å². The van der Waals surface area contributed by atoms with Gasteiger partial charge in [-0.15, -0.1) is 5.10 Å². The van der Waals surface area contributed by atoms with E-state index in [9.17, 15) is 0 Å². The number of nitrogens with two attached hydrogens (primary N) is 1. The molecular weight excluding hydrogens is 408 g/mol. The minimum Gasteiger partial charge on any atom is -0.330 e. The lowest BCUT2D eigenvalue weighted by molar-refractivity contribution is 0.248. The molecule has 0 amide bonds. The maximum atomic E-state index is 6.02. The number of aromatic nitrogens is 4. The highest BCUT2D eigenvalue weighted by Crippen LogP contribution is 2.38. The Kier molecular flexibility index (Phi) is 7.56. The van der Waals surface area contributed by atoms with E-state index < -0.39 is 0 Å². The summed E-state index contributed by atoms with van der Waals surface area (Å²) in [5, 5.41) is 17.0. The van der Waals surface area contributed by atoms with Gasteiger partial charge < -0.3 is 11.1 Å². The van der Waals surface area contributed by atoms with Crippen molar-refractivity contribution in [2.45, 2.75) is 64.0 Å². The largest absolute Gasteiger partial charge is 0.330 e. The number of hydrogen-bond acceptors (Lipinski definition) is 5. The topological polar surface area (TPSA) is 81.7 Å². The number of nitrogens with zero attached hydrogens (tertiary/aromatic N) is 4. The molecule has 0 aliphatic heterocycles. The molecule has 0 bridgehead atoms. The van der Waals surface area contributed by atoms with Gasteiger partial charge in [0.05, 0.1) is 11.6 Å². The maximum absolute atomic E-state index is 6.02. The summed E-state index contributed by atoms with van der Waals surface area (Å²) in [6, 6.07) is 21.4. The van der Waals surface area contributed by atoms with Crippen LogP contribution in [0.25, 0.3) is 0 Å². The van der Waals surface area contributed by atoms with Gasteiger partial charge in [0.15, 0.2) is 5.82 Å². The number of tetrazole rings is 1. The highest BCUT2D eigenvalue weighted by molar-refractivity contribution is 5.35.